The fourth-order valence-corrected chi connectivity index (χ4v) is 8.90. The highest BCUT2D eigenvalue weighted by molar-refractivity contribution is 7.47. The van der Waals surface area contributed by atoms with Crippen LogP contribution in [0.3, 0.4) is 0 Å². The highest BCUT2D eigenvalue weighted by Gasteiger charge is 2.26. The fraction of sp³-hybridized carbons (Fsp3) is 0.943. The van der Waals surface area contributed by atoms with Crippen LogP contribution in [0.5, 0.6) is 0 Å². The van der Waals surface area contributed by atoms with E-state index in [0.717, 1.165) is 57.8 Å². The van der Waals surface area contributed by atoms with Gasteiger partial charge in [0.25, 0.3) is 0 Å². The topological polar surface area (TPSA) is 137 Å². The summed E-state index contributed by atoms with van der Waals surface area (Å²) in [5.74, 6) is -0.959. The molecule has 0 spiro atoms. The molecule has 0 aliphatic heterocycles. The zero-order valence-electron chi connectivity index (χ0n) is 42.3. The van der Waals surface area contributed by atoms with Crippen LogP contribution in [0.2, 0.25) is 0 Å². The van der Waals surface area contributed by atoms with Crippen LogP contribution in [0.25, 0.3) is 0 Å². The molecule has 0 aliphatic carbocycles. The number of hydrogen-bond donors (Lipinski definition) is 2. The zero-order valence-corrected chi connectivity index (χ0v) is 43.2. The Morgan fingerprint density at radius 3 is 1.09 bits per heavy atom. The molecular formula is C53H104NO9P. The minimum absolute atomic E-state index is 0.0690. The van der Waals surface area contributed by atoms with Gasteiger partial charge in [0.1, 0.15) is 6.61 Å². The number of carbonyl (C=O) groups excluding carboxylic acids is 3. The predicted octanol–water partition coefficient (Wildman–Crippen LogP) is 16.1. The van der Waals surface area contributed by atoms with Crippen molar-refractivity contribution >= 4 is 25.7 Å². The van der Waals surface area contributed by atoms with Gasteiger partial charge in [0.2, 0.25) is 5.91 Å². The van der Waals surface area contributed by atoms with Gasteiger partial charge in [-0.25, -0.2) is 4.57 Å². The molecule has 10 nitrogen and oxygen atoms in total. The summed E-state index contributed by atoms with van der Waals surface area (Å²) < 4.78 is 34.0. The van der Waals surface area contributed by atoms with Crippen LogP contribution in [0, 0.1) is 0 Å². The lowest BCUT2D eigenvalue weighted by atomic mass is 10.0. The third-order valence-electron chi connectivity index (χ3n) is 12.3. The standard InChI is InChI=1S/C53H104NO9P/c1-4-7-10-13-16-19-22-25-28-31-34-37-40-43-51(55)54-46-47-61-64(58,59)62-49-50(63-53(57)45-42-39-36-33-30-27-24-21-18-15-12-9-6-3)48-60-52(56)44-41-38-35-32-29-26-23-20-17-14-11-8-5-2/h50H,4-49H2,1-3H3,(H,54,55)(H,58,59)/t50-/m1/s1. The van der Waals surface area contributed by atoms with E-state index in [2.05, 4.69) is 26.1 Å². The Labute approximate surface area is 395 Å². The Balaban J connectivity index is 4.47. The van der Waals surface area contributed by atoms with E-state index in [1.165, 1.54) is 186 Å². The molecule has 0 aliphatic rings. The summed E-state index contributed by atoms with van der Waals surface area (Å²) >= 11 is 0. The number of esters is 2. The Bertz CT molecular complexity index is 1080. The first-order valence-corrected chi connectivity index (χ1v) is 29.0. The fourth-order valence-electron chi connectivity index (χ4n) is 8.15. The first-order valence-electron chi connectivity index (χ1n) is 27.5. The van der Waals surface area contributed by atoms with E-state index in [0.29, 0.717) is 12.8 Å². The minimum Gasteiger partial charge on any atom is -0.462 e. The van der Waals surface area contributed by atoms with Crippen LogP contribution in [-0.2, 0) is 37.5 Å². The Hall–Kier alpha value is -1.48. The quantitative estimate of drug-likeness (QED) is 0.0347. The van der Waals surface area contributed by atoms with Crippen molar-refractivity contribution in [1.29, 1.82) is 0 Å². The van der Waals surface area contributed by atoms with Crippen molar-refractivity contribution in [2.45, 2.75) is 297 Å². The Morgan fingerprint density at radius 1 is 0.422 bits per heavy atom. The molecule has 0 aromatic rings. The molecule has 2 N–H and O–H groups in total. The predicted molar refractivity (Wildman–Crippen MR) is 267 cm³/mol. The smallest absolute Gasteiger partial charge is 0.462 e. The molecule has 1 amide bonds. The summed E-state index contributed by atoms with van der Waals surface area (Å²) in [5, 5.41) is 2.74. The summed E-state index contributed by atoms with van der Waals surface area (Å²) in [7, 11) is -4.53. The Kier molecular flexibility index (Phi) is 48.3. The molecule has 380 valence electrons. The molecular weight excluding hydrogens is 826 g/mol. The van der Waals surface area contributed by atoms with E-state index in [9.17, 15) is 23.8 Å². The van der Waals surface area contributed by atoms with E-state index in [1.54, 1.807) is 0 Å². The summed E-state index contributed by atoms with van der Waals surface area (Å²) in [6.07, 6.45) is 47.4. The molecule has 0 heterocycles. The van der Waals surface area contributed by atoms with Gasteiger partial charge >= 0.3 is 19.8 Å². The van der Waals surface area contributed by atoms with Crippen molar-refractivity contribution in [1.82, 2.24) is 5.32 Å². The molecule has 0 saturated carbocycles. The molecule has 0 aromatic carbocycles. The van der Waals surface area contributed by atoms with Crippen LogP contribution in [-0.4, -0.2) is 55.2 Å². The maximum atomic E-state index is 12.8. The number of nitrogens with one attached hydrogen (secondary N) is 1. The van der Waals surface area contributed by atoms with E-state index in [4.69, 9.17) is 18.5 Å². The number of amides is 1. The Morgan fingerprint density at radius 2 is 0.734 bits per heavy atom. The zero-order chi connectivity index (χ0) is 46.9. The maximum Gasteiger partial charge on any atom is 0.472 e. The van der Waals surface area contributed by atoms with Crippen molar-refractivity contribution in [2.24, 2.45) is 0 Å². The molecule has 0 fully saturated rings. The monoisotopic (exact) mass is 930 g/mol. The van der Waals surface area contributed by atoms with E-state index >= 15 is 0 Å². The van der Waals surface area contributed by atoms with Crippen LogP contribution in [0.15, 0.2) is 0 Å². The highest BCUT2D eigenvalue weighted by Crippen LogP contribution is 2.43. The maximum absolute atomic E-state index is 12.8. The van der Waals surface area contributed by atoms with Gasteiger partial charge in [-0.05, 0) is 19.3 Å². The lowest BCUT2D eigenvalue weighted by molar-refractivity contribution is -0.161. The summed E-state index contributed by atoms with van der Waals surface area (Å²) in [6.45, 7) is 5.88. The molecule has 64 heavy (non-hydrogen) atoms. The number of rotatable bonds is 52. The number of hydrogen-bond acceptors (Lipinski definition) is 8. The minimum atomic E-state index is -4.53. The molecule has 1 unspecified atom stereocenters. The lowest BCUT2D eigenvalue weighted by Gasteiger charge is -2.20. The summed E-state index contributed by atoms with van der Waals surface area (Å²) in [5.41, 5.74) is 0. The first kappa shape index (κ1) is 62.5. The van der Waals surface area contributed by atoms with Crippen molar-refractivity contribution < 1.29 is 42.4 Å². The summed E-state index contributed by atoms with van der Waals surface area (Å²) in [6, 6.07) is 0. The SMILES string of the molecule is CCCCCCCCCCCCCCCC(=O)NCCOP(=O)(O)OC[C@@H](COC(=O)CCCCCCCCCCCCCCC)OC(=O)CCCCCCCCCCCCCCC. The van der Waals surface area contributed by atoms with Gasteiger partial charge in [0.05, 0.1) is 13.2 Å². The second-order valence-corrected chi connectivity index (χ2v) is 20.2. The van der Waals surface area contributed by atoms with Gasteiger partial charge in [0.15, 0.2) is 6.10 Å². The normalized spacial score (nSPS) is 12.9. The van der Waals surface area contributed by atoms with Gasteiger partial charge in [-0.15, -0.1) is 0 Å². The van der Waals surface area contributed by atoms with E-state index in [-0.39, 0.29) is 38.5 Å². The molecule has 0 rings (SSSR count). The number of phosphoric acid groups is 1. The van der Waals surface area contributed by atoms with Crippen molar-refractivity contribution in [3.05, 3.63) is 0 Å². The third kappa shape index (κ3) is 48.5. The largest absolute Gasteiger partial charge is 0.472 e. The number of unbranched alkanes of at least 4 members (excludes halogenated alkanes) is 36. The van der Waals surface area contributed by atoms with Gasteiger partial charge in [-0.3, -0.25) is 23.4 Å². The summed E-state index contributed by atoms with van der Waals surface area (Å²) in [4.78, 5) is 48.0. The molecule has 0 bridgehead atoms. The van der Waals surface area contributed by atoms with Crippen LogP contribution < -0.4 is 5.32 Å². The molecule has 2 atom stereocenters. The second-order valence-electron chi connectivity index (χ2n) is 18.7. The van der Waals surface area contributed by atoms with Crippen LogP contribution in [0.4, 0.5) is 0 Å². The second kappa shape index (κ2) is 49.4. The van der Waals surface area contributed by atoms with Crippen LogP contribution in [0.1, 0.15) is 290 Å². The van der Waals surface area contributed by atoms with Gasteiger partial charge in [-0.2, -0.15) is 0 Å². The van der Waals surface area contributed by atoms with Crippen LogP contribution >= 0.6 is 7.82 Å². The molecule has 0 aromatic heterocycles. The van der Waals surface area contributed by atoms with Gasteiger partial charge in [0, 0.05) is 25.8 Å². The lowest BCUT2D eigenvalue weighted by Crippen LogP contribution is -2.30. The molecule has 0 saturated heterocycles. The number of ether oxygens (including phenoxy) is 2. The van der Waals surface area contributed by atoms with Crippen molar-refractivity contribution in [3.63, 3.8) is 0 Å². The first-order chi connectivity index (χ1) is 31.2. The highest BCUT2D eigenvalue weighted by atomic mass is 31.2. The average molecular weight is 930 g/mol. The molecule has 0 radical (unpaired) electrons. The third-order valence-corrected chi connectivity index (χ3v) is 13.3. The number of carbonyl (C=O) groups is 3. The average Bonchev–Trinajstić information content (AvgIpc) is 3.28. The van der Waals surface area contributed by atoms with Crippen molar-refractivity contribution in [3.8, 4) is 0 Å². The van der Waals surface area contributed by atoms with E-state index in [1.807, 2.05) is 0 Å². The van der Waals surface area contributed by atoms with Crippen molar-refractivity contribution in [2.75, 3.05) is 26.4 Å². The van der Waals surface area contributed by atoms with E-state index < -0.39 is 32.5 Å². The number of phosphoric ester groups is 1. The molecule has 11 heteroatoms. The van der Waals surface area contributed by atoms with Gasteiger partial charge < -0.3 is 19.7 Å². The van der Waals surface area contributed by atoms with Gasteiger partial charge in [-0.1, -0.05) is 252 Å².